The first-order valence-electron chi connectivity index (χ1n) is 5.88. The van der Waals surface area contributed by atoms with Gasteiger partial charge in [0.15, 0.2) is 6.10 Å². The molecule has 1 N–H and O–H groups in total. The van der Waals surface area contributed by atoms with Gasteiger partial charge in [0, 0.05) is 17.1 Å². The van der Waals surface area contributed by atoms with Crippen LogP contribution in [-0.2, 0) is 14.3 Å². The number of thiazole rings is 1. The zero-order valence-electron chi connectivity index (χ0n) is 11.0. The van der Waals surface area contributed by atoms with Crippen LogP contribution in [0.3, 0.4) is 0 Å². The van der Waals surface area contributed by atoms with E-state index in [0.717, 1.165) is 0 Å². The molecule has 1 amide bonds. The van der Waals surface area contributed by atoms with Crippen molar-refractivity contribution in [2.75, 3.05) is 6.61 Å². The van der Waals surface area contributed by atoms with Crippen molar-refractivity contribution in [3.8, 4) is 0 Å². The molecule has 0 bridgehead atoms. The average Bonchev–Trinajstić information content (AvgIpc) is 2.79. The predicted octanol–water partition coefficient (Wildman–Crippen LogP) is 1.29. The second-order valence-electron chi connectivity index (χ2n) is 5.32. The third kappa shape index (κ3) is 2.62. The van der Waals surface area contributed by atoms with E-state index in [-0.39, 0.29) is 12.5 Å². The van der Waals surface area contributed by atoms with Crippen molar-refractivity contribution in [1.29, 1.82) is 0 Å². The summed E-state index contributed by atoms with van der Waals surface area (Å²) in [4.78, 5) is 29.2. The van der Waals surface area contributed by atoms with Crippen LogP contribution < -0.4 is 0 Å². The predicted molar refractivity (Wildman–Crippen MR) is 68.8 cm³/mol. The second kappa shape index (κ2) is 4.90. The first kappa shape index (κ1) is 14.0. The molecule has 1 aromatic heterocycles. The summed E-state index contributed by atoms with van der Waals surface area (Å²) in [5.41, 5.74) is -0.495. The molecule has 0 spiro atoms. The molecule has 1 aromatic rings. The van der Waals surface area contributed by atoms with Gasteiger partial charge in [-0.05, 0) is 20.8 Å². The van der Waals surface area contributed by atoms with Crippen molar-refractivity contribution in [3.05, 3.63) is 16.6 Å². The summed E-state index contributed by atoms with van der Waals surface area (Å²) >= 11 is 1.32. The maximum Gasteiger partial charge on any atom is 0.335 e. The summed E-state index contributed by atoms with van der Waals surface area (Å²) in [5, 5.41) is 11.6. The van der Waals surface area contributed by atoms with Crippen LogP contribution in [0.2, 0.25) is 0 Å². The van der Waals surface area contributed by atoms with Gasteiger partial charge in [0.1, 0.15) is 17.7 Å². The van der Waals surface area contributed by atoms with E-state index in [2.05, 4.69) is 4.98 Å². The number of carbonyl (C=O) groups excluding carboxylic acids is 1. The van der Waals surface area contributed by atoms with Crippen molar-refractivity contribution < 1.29 is 19.4 Å². The van der Waals surface area contributed by atoms with Crippen LogP contribution in [-0.4, -0.2) is 45.1 Å². The highest BCUT2D eigenvalue weighted by Crippen LogP contribution is 2.36. The molecule has 1 saturated heterocycles. The number of amides is 1. The van der Waals surface area contributed by atoms with Crippen LogP contribution in [0.4, 0.5) is 0 Å². The number of rotatable bonds is 2. The Morgan fingerprint density at radius 3 is 2.74 bits per heavy atom. The van der Waals surface area contributed by atoms with Gasteiger partial charge in [-0.1, -0.05) is 0 Å². The Balaban J connectivity index is 2.47. The van der Waals surface area contributed by atoms with E-state index in [4.69, 9.17) is 4.74 Å². The number of carboxylic acids is 1. The number of morpholine rings is 1. The Labute approximate surface area is 115 Å². The van der Waals surface area contributed by atoms with Gasteiger partial charge in [-0.3, -0.25) is 4.79 Å². The third-order valence-electron chi connectivity index (χ3n) is 2.89. The molecule has 1 aliphatic rings. The molecule has 2 atom stereocenters. The summed E-state index contributed by atoms with van der Waals surface area (Å²) in [7, 11) is 0. The molecule has 2 unspecified atom stereocenters. The first-order chi connectivity index (χ1) is 8.82. The Hall–Kier alpha value is -1.47. The summed E-state index contributed by atoms with van der Waals surface area (Å²) in [6, 6.07) is -0.682. The zero-order chi connectivity index (χ0) is 14.2. The molecule has 1 fully saturated rings. The average molecular weight is 284 g/mol. The van der Waals surface area contributed by atoms with Crippen LogP contribution >= 0.6 is 11.3 Å². The molecule has 7 heteroatoms. The summed E-state index contributed by atoms with van der Waals surface area (Å²) in [5.74, 6) is -1.30. The van der Waals surface area contributed by atoms with E-state index in [1.165, 1.54) is 11.3 Å². The SMILES string of the molecule is CC(C)(C)N1C(=O)COC(C(=O)O)C1c1nccs1. The fraction of sp³-hybridized carbons (Fsp3) is 0.583. The normalized spacial score (nSPS) is 24.6. The van der Waals surface area contributed by atoms with Crippen molar-refractivity contribution >= 4 is 23.2 Å². The van der Waals surface area contributed by atoms with Crippen molar-refractivity contribution in [1.82, 2.24) is 9.88 Å². The van der Waals surface area contributed by atoms with E-state index < -0.39 is 23.7 Å². The molecule has 0 aromatic carbocycles. The maximum atomic E-state index is 12.1. The first-order valence-corrected chi connectivity index (χ1v) is 6.76. The number of carbonyl (C=O) groups is 2. The van der Waals surface area contributed by atoms with Crippen LogP contribution in [0, 0.1) is 0 Å². The molecule has 19 heavy (non-hydrogen) atoms. The molecule has 0 aliphatic carbocycles. The monoisotopic (exact) mass is 284 g/mol. The van der Waals surface area contributed by atoms with E-state index >= 15 is 0 Å². The van der Waals surface area contributed by atoms with Crippen LogP contribution in [0.1, 0.15) is 31.8 Å². The third-order valence-corrected chi connectivity index (χ3v) is 3.74. The summed E-state index contributed by atoms with van der Waals surface area (Å²) < 4.78 is 5.19. The number of aliphatic carboxylic acids is 1. The van der Waals surface area contributed by atoms with E-state index in [1.807, 2.05) is 20.8 Å². The lowest BCUT2D eigenvalue weighted by Crippen LogP contribution is -2.58. The van der Waals surface area contributed by atoms with Crippen LogP contribution in [0.25, 0.3) is 0 Å². The summed E-state index contributed by atoms with van der Waals surface area (Å²) in [6.07, 6.45) is 0.516. The Bertz CT molecular complexity index is 480. The van der Waals surface area contributed by atoms with Gasteiger partial charge in [0.2, 0.25) is 5.91 Å². The summed E-state index contributed by atoms with van der Waals surface area (Å²) in [6.45, 7) is 5.40. The lowest BCUT2D eigenvalue weighted by molar-refractivity contribution is -0.179. The molecule has 2 rings (SSSR count). The van der Waals surface area contributed by atoms with Gasteiger partial charge in [-0.15, -0.1) is 11.3 Å². The van der Waals surface area contributed by atoms with Crippen molar-refractivity contribution in [3.63, 3.8) is 0 Å². The number of carboxylic acid groups (broad SMARTS) is 1. The molecule has 0 radical (unpaired) electrons. The zero-order valence-corrected chi connectivity index (χ0v) is 11.8. The Morgan fingerprint density at radius 2 is 2.26 bits per heavy atom. The number of aromatic nitrogens is 1. The van der Waals surface area contributed by atoms with Gasteiger partial charge >= 0.3 is 5.97 Å². The number of hydrogen-bond donors (Lipinski definition) is 1. The van der Waals surface area contributed by atoms with Gasteiger partial charge in [-0.25, -0.2) is 9.78 Å². The lowest BCUT2D eigenvalue weighted by Gasteiger charge is -2.45. The molecule has 2 heterocycles. The van der Waals surface area contributed by atoms with Crippen molar-refractivity contribution in [2.24, 2.45) is 0 Å². The smallest absolute Gasteiger partial charge is 0.335 e. The van der Waals surface area contributed by atoms with Crippen molar-refractivity contribution in [2.45, 2.75) is 38.5 Å². The topological polar surface area (TPSA) is 79.7 Å². The number of ether oxygens (including phenoxy) is 1. The minimum absolute atomic E-state index is 0.212. The molecular weight excluding hydrogens is 268 g/mol. The largest absolute Gasteiger partial charge is 0.479 e. The van der Waals surface area contributed by atoms with E-state index in [1.54, 1.807) is 16.5 Å². The minimum atomic E-state index is -1.08. The highest BCUT2D eigenvalue weighted by atomic mass is 32.1. The molecule has 1 aliphatic heterocycles. The molecule has 104 valence electrons. The maximum absolute atomic E-state index is 12.1. The van der Waals surface area contributed by atoms with E-state index in [0.29, 0.717) is 5.01 Å². The van der Waals surface area contributed by atoms with Gasteiger partial charge in [0.25, 0.3) is 0 Å². The minimum Gasteiger partial charge on any atom is -0.479 e. The van der Waals surface area contributed by atoms with Gasteiger partial charge in [-0.2, -0.15) is 0 Å². The van der Waals surface area contributed by atoms with Crippen LogP contribution in [0.15, 0.2) is 11.6 Å². The number of hydrogen-bond acceptors (Lipinski definition) is 5. The molecule has 0 saturated carbocycles. The fourth-order valence-corrected chi connectivity index (χ4v) is 2.98. The Morgan fingerprint density at radius 1 is 1.58 bits per heavy atom. The van der Waals surface area contributed by atoms with Crippen LogP contribution in [0.5, 0.6) is 0 Å². The fourth-order valence-electron chi connectivity index (χ4n) is 2.23. The number of nitrogens with zero attached hydrogens (tertiary/aromatic N) is 2. The second-order valence-corrected chi connectivity index (χ2v) is 6.25. The highest BCUT2D eigenvalue weighted by molar-refractivity contribution is 7.09. The highest BCUT2D eigenvalue weighted by Gasteiger charge is 2.47. The Kier molecular flexibility index (Phi) is 3.60. The van der Waals surface area contributed by atoms with Gasteiger partial charge < -0.3 is 14.7 Å². The van der Waals surface area contributed by atoms with Gasteiger partial charge in [0.05, 0.1) is 0 Å². The lowest BCUT2D eigenvalue weighted by atomic mass is 9.98. The molecular formula is C12H16N2O4S. The molecule has 6 nitrogen and oxygen atoms in total. The van der Waals surface area contributed by atoms with E-state index in [9.17, 15) is 14.7 Å². The quantitative estimate of drug-likeness (QED) is 0.885. The standard InChI is InChI=1S/C12H16N2O4S/c1-12(2,3)14-7(15)6-18-9(11(16)17)8(14)10-13-4-5-19-10/h4-5,8-9H,6H2,1-3H3,(H,16,17).